The first-order valence-corrected chi connectivity index (χ1v) is 6.58. The van der Waals surface area contributed by atoms with Gasteiger partial charge in [0.25, 0.3) is 0 Å². The largest absolute Gasteiger partial charge is 0.497 e. The van der Waals surface area contributed by atoms with Crippen LogP contribution in [0.1, 0.15) is 11.1 Å². The van der Waals surface area contributed by atoms with Gasteiger partial charge in [-0.25, -0.2) is 14.2 Å². The highest BCUT2D eigenvalue weighted by Gasteiger charge is 2.24. The van der Waals surface area contributed by atoms with Crippen molar-refractivity contribution in [3.05, 3.63) is 71.2 Å². The predicted molar refractivity (Wildman–Crippen MR) is 80.0 cm³/mol. The minimum absolute atomic E-state index is 0.128. The van der Waals surface area contributed by atoms with Gasteiger partial charge >= 0.3 is 5.97 Å². The molecule has 0 amide bonds. The number of hydrogen-bond donors (Lipinski definition) is 0. The van der Waals surface area contributed by atoms with E-state index in [9.17, 15) is 9.18 Å². The Morgan fingerprint density at radius 2 is 2.00 bits per heavy atom. The SMILES string of the molecule is COc1cccc(C2=N/C(=C\c3cccc(F)c3)C(=O)O2)c1. The first kappa shape index (κ1) is 14.0. The van der Waals surface area contributed by atoms with Crippen molar-refractivity contribution in [3.8, 4) is 5.75 Å². The van der Waals surface area contributed by atoms with Crippen LogP contribution in [-0.2, 0) is 9.53 Å². The zero-order chi connectivity index (χ0) is 15.5. The van der Waals surface area contributed by atoms with Gasteiger partial charge in [-0.1, -0.05) is 18.2 Å². The lowest BCUT2D eigenvalue weighted by molar-refractivity contribution is -0.129. The van der Waals surface area contributed by atoms with Crippen molar-refractivity contribution in [3.63, 3.8) is 0 Å². The number of hydrogen-bond acceptors (Lipinski definition) is 4. The van der Waals surface area contributed by atoms with Gasteiger partial charge in [-0.3, -0.25) is 0 Å². The van der Waals surface area contributed by atoms with Gasteiger partial charge in [0.15, 0.2) is 5.70 Å². The van der Waals surface area contributed by atoms with Crippen molar-refractivity contribution < 1.29 is 18.7 Å². The van der Waals surface area contributed by atoms with Gasteiger partial charge in [-0.2, -0.15) is 0 Å². The Kier molecular flexibility index (Phi) is 3.70. The zero-order valence-corrected chi connectivity index (χ0v) is 11.7. The highest BCUT2D eigenvalue weighted by Crippen LogP contribution is 2.21. The lowest BCUT2D eigenvalue weighted by Crippen LogP contribution is -2.05. The predicted octanol–water partition coefficient (Wildman–Crippen LogP) is 3.18. The van der Waals surface area contributed by atoms with Crippen LogP contribution in [0.4, 0.5) is 4.39 Å². The highest BCUT2D eigenvalue weighted by atomic mass is 19.1. The number of methoxy groups -OCH3 is 1. The van der Waals surface area contributed by atoms with E-state index in [2.05, 4.69) is 4.99 Å². The molecule has 22 heavy (non-hydrogen) atoms. The molecule has 0 aromatic heterocycles. The second kappa shape index (κ2) is 5.81. The van der Waals surface area contributed by atoms with E-state index in [-0.39, 0.29) is 17.4 Å². The van der Waals surface area contributed by atoms with Crippen molar-refractivity contribution in [2.24, 2.45) is 4.99 Å². The number of benzene rings is 2. The van der Waals surface area contributed by atoms with Gasteiger partial charge in [-0.05, 0) is 42.0 Å². The molecular weight excluding hydrogens is 285 g/mol. The summed E-state index contributed by atoms with van der Waals surface area (Å²) in [5.41, 5.74) is 1.31. The van der Waals surface area contributed by atoms with Gasteiger partial charge in [-0.15, -0.1) is 0 Å². The molecule has 4 nitrogen and oxygen atoms in total. The molecule has 0 radical (unpaired) electrons. The molecule has 0 saturated carbocycles. The molecule has 0 saturated heterocycles. The molecule has 0 spiro atoms. The zero-order valence-electron chi connectivity index (χ0n) is 11.7. The first-order chi connectivity index (χ1) is 10.7. The molecule has 3 rings (SSSR count). The average Bonchev–Trinajstić information content (AvgIpc) is 2.88. The number of carbonyl (C=O) groups excluding carboxylic acids is 1. The number of cyclic esters (lactones) is 1. The fourth-order valence-corrected chi connectivity index (χ4v) is 2.04. The third kappa shape index (κ3) is 2.88. The van der Waals surface area contributed by atoms with Crippen LogP contribution in [0.25, 0.3) is 6.08 Å². The number of rotatable bonds is 3. The van der Waals surface area contributed by atoms with Crippen LogP contribution >= 0.6 is 0 Å². The van der Waals surface area contributed by atoms with Crippen LogP contribution in [-0.4, -0.2) is 19.0 Å². The average molecular weight is 297 g/mol. The number of esters is 1. The number of nitrogens with zero attached hydrogens (tertiary/aromatic N) is 1. The van der Waals surface area contributed by atoms with Crippen LogP contribution in [0, 0.1) is 5.82 Å². The molecule has 110 valence electrons. The summed E-state index contributed by atoms with van der Waals surface area (Å²) in [5, 5.41) is 0. The van der Waals surface area contributed by atoms with Crippen LogP contribution < -0.4 is 4.74 Å². The molecule has 0 fully saturated rings. The van der Waals surface area contributed by atoms with Crippen molar-refractivity contribution in [1.29, 1.82) is 0 Å². The molecule has 2 aromatic rings. The Hall–Kier alpha value is -2.95. The maximum absolute atomic E-state index is 13.2. The number of ether oxygens (including phenoxy) is 2. The number of aliphatic imine (C=N–C) groups is 1. The first-order valence-electron chi connectivity index (χ1n) is 6.58. The third-order valence-electron chi connectivity index (χ3n) is 3.09. The topological polar surface area (TPSA) is 47.9 Å². The third-order valence-corrected chi connectivity index (χ3v) is 3.09. The van der Waals surface area contributed by atoms with Crippen molar-refractivity contribution in [1.82, 2.24) is 0 Å². The lowest BCUT2D eigenvalue weighted by Gasteiger charge is -2.02. The monoisotopic (exact) mass is 297 g/mol. The molecule has 0 unspecified atom stereocenters. The van der Waals surface area contributed by atoms with Crippen LogP contribution in [0.5, 0.6) is 5.75 Å². The minimum atomic E-state index is -0.568. The van der Waals surface area contributed by atoms with E-state index in [0.717, 1.165) is 0 Å². The number of halogens is 1. The molecule has 2 aromatic carbocycles. The Bertz CT molecular complexity index is 796. The van der Waals surface area contributed by atoms with Gasteiger partial charge in [0, 0.05) is 5.56 Å². The summed E-state index contributed by atoms with van der Waals surface area (Å²) in [4.78, 5) is 16.0. The fourth-order valence-electron chi connectivity index (χ4n) is 2.04. The second-order valence-corrected chi connectivity index (χ2v) is 4.62. The number of carbonyl (C=O) groups is 1. The Morgan fingerprint density at radius 3 is 2.77 bits per heavy atom. The standard InChI is InChI=1S/C17H12FNO3/c1-21-14-7-3-5-12(10-14)16-19-15(17(20)22-16)9-11-4-2-6-13(18)8-11/h2-10H,1H3/b15-9-. The summed E-state index contributed by atoms with van der Waals surface area (Å²) in [5.74, 6) is -0.106. The van der Waals surface area contributed by atoms with E-state index in [1.54, 1.807) is 43.5 Å². The van der Waals surface area contributed by atoms with Crippen molar-refractivity contribution >= 4 is 17.9 Å². The van der Waals surface area contributed by atoms with E-state index < -0.39 is 5.97 Å². The normalized spacial score (nSPS) is 15.6. The summed E-state index contributed by atoms with van der Waals surface area (Å²) in [6.07, 6.45) is 1.48. The molecule has 1 heterocycles. The minimum Gasteiger partial charge on any atom is -0.497 e. The molecule has 0 aliphatic carbocycles. The summed E-state index contributed by atoms with van der Waals surface area (Å²) >= 11 is 0. The molecule has 5 heteroatoms. The molecule has 0 N–H and O–H groups in total. The maximum Gasteiger partial charge on any atom is 0.363 e. The van der Waals surface area contributed by atoms with Crippen molar-refractivity contribution in [2.45, 2.75) is 0 Å². The Morgan fingerprint density at radius 1 is 1.18 bits per heavy atom. The summed E-state index contributed by atoms with van der Waals surface area (Å²) < 4.78 is 23.4. The molecule has 1 aliphatic rings. The summed E-state index contributed by atoms with van der Waals surface area (Å²) in [7, 11) is 1.55. The molecular formula is C17H12FNO3. The van der Waals surface area contributed by atoms with E-state index in [0.29, 0.717) is 16.9 Å². The molecule has 1 aliphatic heterocycles. The lowest BCUT2D eigenvalue weighted by atomic mass is 10.2. The Labute approximate surface area is 126 Å². The van der Waals surface area contributed by atoms with Gasteiger partial charge in [0.05, 0.1) is 7.11 Å². The van der Waals surface area contributed by atoms with Crippen LogP contribution in [0.3, 0.4) is 0 Å². The van der Waals surface area contributed by atoms with Gasteiger partial charge in [0.1, 0.15) is 11.6 Å². The van der Waals surface area contributed by atoms with Crippen LogP contribution in [0.2, 0.25) is 0 Å². The maximum atomic E-state index is 13.2. The summed E-state index contributed by atoms with van der Waals surface area (Å²) in [6, 6.07) is 12.9. The van der Waals surface area contributed by atoms with Gasteiger partial charge in [0.2, 0.25) is 5.90 Å². The fraction of sp³-hybridized carbons (Fsp3) is 0.0588. The van der Waals surface area contributed by atoms with E-state index in [1.165, 1.54) is 18.2 Å². The molecule has 0 bridgehead atoms. The quantitative estimate of drug-likeness (QED) is 0.646. The molecule has 0 atom stereocenters. The second-order valence-electron chi connectivity index (χ2n) is 4.62. The van der Waals surface area contributed by atoms with E-state index in [1.807, 2.05) is 0 Å². The van der Waals surface area contributed by atoms with Crippen LogP contribution in [0.15, 0.2) is 59.2 Å². The smallest absolute Gasteiger partial charge is 0.363 e. The Balaban J connectivity index is 1.94. The summed E-state index contributed by atoms with van der Waals surface area (Å²) in [6.45, 7) is 0. The van der Waals surface area contributed by atoms with E-state index >= 15 is 0 Å². The van der Waals surface area contributed by atoms with Crippen molar-refractivity contribution in [2.75, 3.05) is 7.11 Å². The van der Waals surface area contributed by atoms with E-state index in [4.69, 9.17) is 9.47 Å². The van der Waals surface area contributed by atoms with Gasteiger partial charge < -0.3 is 9.47 Å². The highest BCUT2D eigenvalue weighted by molar-refractivity contribution is 6.12.